The minimum Gasteiger partial charge on any atom is -0.143 e. The molecule has 0 aromatic heterocycles. The van der Waals surface area contributed by atoms with Crippen LogP contribution in [0.25, 0.3) is 27.8 Å². The van der Waals surface area contributed by atoms with Crippen molar-refractivity contribution >= 4 is 166 Å². The van der Waals surface area contributed by atoms with Gasteiger partial charge in [-0.2, -0.15) is 0 Å². The molecule has 1 aliphatic carbocycles. The highest BCUT2D eigenvalue weighted by Crippen LogP contribution is 2.48. The topological polar surface area (TPSA) is 0 Å². The lowest BCUT2D eigenvalue weighted by molar-refractivity contribution is 1.13. The molecule has 4 rings (SSSR count). The number of hydrogen-bond donors (Lipinski definition) is 10. The molecule has 0 fully saturated rings. The van der Waals surface area contributed by atoms with E-state index in [1.54, 1.807) is 6.08 Å². The quantitative estimate of drug-likeness (QED) is 0.0984. The lowest BCUT2D eigenvalue weighted by Crippen LogP contribution is -2.09. The highest BCUT2D eigenvalue weighted by Gasteiger charge is 2.25. The van der Waals surface area contributed by atoms with Gasteiger partial charge in [0.05, 0.1) is 4.86 Å². The van der Waals surface area contributed by atoms with Gasteiger partial charge in [-0.05, 0) is 53.1 Å². The summed E-state index contributed by atoms with van der Waals surface area (Å²) in [7, 11) is 0. The van der Waals surface area contributed by atoms with Crippen molar-refractivity contribution in [2.24, 2.45) is 0 Å². The number of rotatable bonds is 3. The molecule has 0 saturated carbocycles. The molecule has 184 valence electrons. The summed E-state index contributed by atoms with van der Waals surface area (Å²) in [5, 5.41) is 0. The van der Waals surface area contributed by atoms with Crippen molar-refractivity contribution in [3.63, 3.8) is 0 Å². The molecule has 0 N–H and O–H groups in total. The highest BCUT2D eigenvalue weighted by molar-refractivity contribution is 7.91. The maximum absolute atomic E-state index is 5.60. The van der Waals surface area contributed by atoms with E-state index in [2.05, 4.69) is 50.5 Å². The molecule has 0 saturated heterocycles. The van der Waals surface area contributed by atoms with E-state index in [1.807, 2.05) is 30.3 Å². The van der Waals surface area contributed by atoms with E-state index in [0.29, 0.717) is 53.8 Å². The summed E-state index contributed by atoms with van der Waals surface area (Å²) in [6, 6.07) is 7.55. The summed E-state index contributed by atoms with van der Waals surface area (Å²) >= 11 is 58.0. The van der Waals surface area contributed by atoms with Gasteiger partial charge in [0.1, 0.15) is 0 Å². The lowest BCUT2D eigenvalue weighted by Gasteiger charge is -2.22. The zero-order valence-electron chi connectivity index (χ0n) is 17.8. The Morgan fingerprint density at radius 1 is 0.472 bits per heavy atom. The number of allylic oxidation sites excluding steroid dienone is 4. The first kappa shape index (κ1) is 29.8. The van der Waals surface area contributed by atoms with Crippen LogP contribution in [-0.2, 0) is 0 Å². The fourth-order valence-corrected chi connectivity index (χ4v) is 7.68. The Balaban J connectivity index is 1.93. The molecule has 0 heterocycles. The summed E-state index contributed by atoms with van der Waals surface area (Å²) in [6.45, 7) is 0. The summed E-state index contributed by atoms with van der Waals surface area (Å²) < 4.78 is 0. The molecule has 0 radical (unpaired) electrons. The Bertz CT molecular complexity index is 1560. The second-order valence-electron chi connectivity index (χ2n) is 7.71. The van der Waals surface area contributed by atoms with Gasteiger partial charge in [-0.3, -0.25) is 0 Å². The number of benzene rings is 3. The van der Waals surface area contributed by atoms with Crippen LogP contribution in [0.1, 0.15) is 5.56 Å². The summed E-state index contributed by atoms with van der Waals surface area (Å²) in [4.78, 5) is 7.83. The lowest BCUT2D eigenvalue weighted by atomic mass is 9.94. The van der Waals surface area contributed by atoms with Gasteiger partial charge < -0.3 is 0 Å². The molecule has 0 bridgehead atoms. The monoisotopic (exact) mass is 688 g/mol. The van der Waals surface area contributed by atoms with Crippen LogP contribution < -0.4 is 0 Å². The Morgan fingerprint density at radius 2 is 1.00 bits per heavy atom. The van der Waals surface area contributed by atoms with E-state index < -0.39 is 0 Å². The summed E-state index contributed by atoms with van der Waals surface area (Å²) in [5.74, 6) is 0. The van der Waals surface area contributed by atoms with E-state index >= 15 is 0 Å². The largest absolute Gasteiger partial charge is 0.143 e. The zero-order valence-corrected chi connectivity index (χ0v) is 28.3. The SMILES string of the molecule is S=C1C=C(S)C(=S)C(c2c(S)cc(-c3cc(S)c(-c4cc(S)cc(S)c4S)c(S)c3S)c(S)c2S)=C1. The van der Waals surface area contributed by atoms with Gasteiger partial charge in [-0.15, -0.1) is 126 Å². The molecular formula is C24H16S12. The highest BCUT2D eigenvalue weighted by atomic mass is 32.1. The zero-order chi connectivity index (χ0) is 26.6. The first-order chi connectivity index (χ1) is 16.8. The second-order valence-corrected chi connectivity index (χ2v) is 13.3. The van der Waals surface area contributed by atoms with Crippen LogP contribution in [0.5, 0.6) is 0 Å². The van der Waals surface area contributed by atoms with Gasteiger partial charge in [0, 0.05) is 70.5 Å². The molecule has 0 spiro atoms. The summed E-state index contributed by atoms with van der Waals surface area (Å²) in [5.41, 5.74) is 4.61. The standard InChI is InChI=1S/C24H16S12/c25-7-1-11(19(31)15(29)3-7)17-13(27)5-9(21(33)23(17)35)10-6-14(28)18(24(36)22(10)34)12-2-8(26)4-16(30)20(12)32/h1-6,25,27-31,33-36H. The van der Waals surface area contributed by atoms with Gasteiger partial charge in [-0.25, -0.2) is 0 Å². The molecule has 0 unspecified atom stereocenters. The Kier molecular flexibility index (Phi) is 9.72. The van der Waals surface area contributed by atoms with E-state index in [9.17, 15) is 0 Å². The van der Waals surface area contributed by atoms with E-state index in [0.717, 1.165) is 38.3 Å². The predicted octanol–water partition coefficient (Wildman–Crippen LogP) is 9.57. The molecule has 0 nitrogen and oxygen atoms in total. The van der Waals surface area contributed by atoms with Crippen molar-refractivity contribution in [1.82, 2.24) is 0 Å². The third-order valence-electron chi connectivity index (χ3n) is 5.45. The van der Waals surface area contributed by atoms with Crippen LogP contribution in [-0.4, -0.2) is 9.73 Å². The first-order valence-corrected chi connectivity index (χ1v) is 15.1. The number of thiocarbonyl (C=S) groups is 2. The molecule has 36 heavy (non-hydrogen) atoms. The van der Waals surface area contributed by atoms with Gasteiger partial charge in [0.15, 0.2) is 0 Å². The van der Waals surface area contributed by atoms with Crippen LogP contribution in [0.15, 0.2) is 85.4 Å². The van der Waals surface area contributed by atoms with Crippen molar-refractivity contribution < 1.29 is 0 Å². The van der Waals surface area contributed by atoms with E-state index in [4.69, 9.17) is 100 Å². The van der Waals surface area contributed by atoms with E-state index in [1.165, 1.54) is 0 Å². The Labute approximate surface area is 276 Å². The van der Waals surface area contributed by atoms with Gasteiger partial charge >= 0.3 is 0 Å². The fourth-order valence-electron chi connectivity index (χ4n) is 3.80. The average molecular weight is 689 g/mol. The fraction of sp³-hybridized carbons (Fsp3) is 0. The molecule has 1 aliphatic rings. The van der Waals surface area contributed by atoms with Crippen LogP contribution in [0.4, 0.5) is 0 Å². The second kappa shape index (κ2) is 11.7. The average Bonchev–Trinajstić information content (AvgIpc) is 2.79. The maximum atomic E-state index is 5.60. The third-order valence-corrected chi connectivity index (χ3v) is 10.8. The molecule has 0 atom stereocenters. The Morgan fingerprint density at radius 3 is 1.58 bits per heavy atom. The van der Waals surface area contributed by atoms with Crippen molar-refractivity contribution in [1.29, 1.82) is 0 Å². The third kappa shape index (κ3) is 5.54. The predicted molar refractivity (Wildman–Crippen MR) is 193 cm³/mol. The minimum atomic E-state index is 0.574. The minimum absolute atomic E-state index is 0.574. The molecule has 0 amide bonds. The normalized spacial score (nSPS) is 13.7. The number of hydrogen-bond acceptors (Lipinski definition) is 12. The summed E-state index contributed by atoms with van der Waals surface area (Å²) in [6.07, 6.45) is 3.58. The van der Waals surface area contributed by atoms with Crippen molar-refractivity contribution in [2.75, 3.05) is 0 Å². The molecule has 0 aliphatic heterocycles. The van der Waals surface area contributed by atoms with Gasteiger partial charge in [-0.1, -0.05) is 24.4 Å². The molecule has 12 heteroatoms. The smallest absolute Gasteiger partial charge is 0.0590 e. The van der Waals surface area contributed by atoms with Gasteiger partial charge in [0.25, 0.3) is 0 Å². The van der Waals surface area contributed by atoms with Crippen LogP contribution in [0.2, 0.25) is 0 Å². The van der Waals surface area contributed by atoms with Crippen molar-refractivity contribution in [3.8, 4) is 22.3 Å². The molecule has 3 aromatic rings. The van der Waals surface area contributed by atoms with E-state index in [-0.39, 0.29) is 0 Å². The van der Waals surface area contributed by atoms with Crippen LogP contribution in [0.3, 0.4) is 0 Å². The Hall–Kier alpha value is 0.820. The molecular weight excluding hydrogens is 673 g/mol. The first-order valence-electron chi connectivity index (χ1n) is 9.86. The molecule has 3 aromatic carbocycles. The van der Waals surface area contributed by atoms with Gasteiger partial charge in [0.2, 0.25) is 0 Å². The maximum Gasteiger partial charge on any atom is 0.0590 e. The van der Waals surface area contributed by atoms with Crippen molar-refractivity contribution in [3.05, 3.63) is 46.9 Å². The van der Waals surface area contributed by atoms with Crippen LogP contribution in [0, 0.1) is 0 Å². The number of thiol groups is 10. The van der Waals surface area contributed by atoms with Crippen molar-refractivity contribution in [2.45, 2.75) is 44.1 Å². The van der Waals surface area contributed by atoms with Crippen LogP contribution >= 0.6 is 151 Å².